The van der Waals surface area contributed by atoms with Crippen LogP contribution in [-0.2, 0) is 0 Å². The van der Waals surface area contributed by atoms with Crippen molar-refractivity contribution in [2.75, 3.05) is 31.1 Å². The summed E-state index contributed by atoms with van der Waals surface area (Å²) in [6.45, 7) is 4.37. The van der Waals surface area contributed by atoms with Crippen LogP contribution < -0.4 is 4.90 Å². The minimum absolute atomic E-state index is 0.100. The lowest BCUT2D eigenvalue weighted by molar-refractivity contribution is 0.0736. The smallest absolute Gasteiger partial charge is 0.276 e. The van der Waals surface area contributed by atoms with E-state index in [2.05, 4.69) is 25.4 Å². The van der Waals surface area contributed by atoms with Crippen LogP contribution in [0.3, 0.4) is 0 Å². The van der Waals surface area contributed by atoms with Crippen molar-refractivity contribution in [3.05, 3.63) is 48.1 Å². The third-order valence-corrected chi connectivity index (χ3v) is 4.11. The second kappa shape index (κ2) is 6.34. The zero-order valence-corrected chi connectivity index (χ0v) is 13.7. The largest absolute Gasteiger partial charge is 0.361 e. The second-order valence-electron chi connectivity index (χ2n) is 5.80. The van der Waals surface area contributed by atoms with Gasteiger partial charge in [0.25, 0.3) is 5.91 Å². The highest BCUT2D eigenvalue weighted by molar-refractivity contribution is 5.92. The van der Waals surface area contributed by atoms with Gasteiger partial charge in [-0.05, 0) is 25.1 Å². The maximum atomic E-state index is 12.4. The van der Waals surface area contributed by atoms with Gasteiger partial charge in [-0.3, -0.25) is 4.79 Å². The van der Waals surface area contributed by atoms with Crippen molar-refractivity contribution < 1.29 is 9.32 Å². The fraction of sp³-hybridized carbons (Fsp3) is 0.312. The number of anilines is 1. The maximum Gasteiger partial charge on any atom is 0.276 e. The van der Waals surface area contributed by atoms with Crippen molar-refractivity contribution in [3.8, 4) is 5.82 Å². The summed E-state index contributed by atoms with van der Waals surface area (Å²) in [5, 5.41) is 16.4. The van der Waals surface area contributed by atoms with Gasteiger partial charge in [0, 0.05) is 44.6 Å². The standard InChI is InChI=1S/C16H17N7O2/c1-12-11-13(20-25-12)16(24)22-9-7-21(8-10-22)14-3-4-15(19-18-14)23-6-2-5-17-23/h2-6,11H,7-10H2,1H3. The van der Waals surface area contributed by atoms with Gasteiger partial charge >= 0.3 is 0 Å². The molecule has 1 fully saturated rings. The number of piperazine rings is 1. The highest BCUT2D eigenvalue weighted by Gasteiger charge is 2.25. The van der Waals surface area contributed by atoms with Gasteiger partial charge in [0.05, 0.1) is 0 Å². The number of hydrogen-bond acceptors (Lipinski definition) is 7. The molecule has 4 rings (SSSR count). The van der Waals surface area contributed by atoms with Crippen LogP contribution in [0.15, 0.2) is 41.2 Å². The SMILES string of the molecule is Cc1cc(C(=O)N2CCN(c3ccc(-n4cccn4)nn3)CC2)no1. The molecule has 0 spiro atoms. The Hall–Kier alpha value is -3.23. The molecule has 9 nitrogen and oxygen atoms in total. The van der Waals surface area contributed by atoms with Crippen molar-refractivity contribution in [1.29, 1.82) is 0 Å². The Labute approximate surface area is 143 Å². The molecule has 0 saturated carbocycles. The molecule has 9 heteroatoms. The molecule has 0 N–H and O–H groups in total. The van der Waals surface area contributed by atoms with Gasteiger partial charge in [-0.1, -0.05) is 5.16 Å². The van der Waals surface area contributed by atoms with Gasteiger partial charge in [0.2, 0.25) is 0 Å². The first-order chi connectivity index (χ1) is 12.2. The minimum atomic E-state index is -0.100. The van der Waals surface area contributed by atoms with Crippen LogP contribution in [0.1, 0.15) is 16.2 Å². The molecule has 128 valence electrons. The molecule has 0 aliphatic carbocycles. The molecule has 25 heavy (non-hydrogen) atoms. The van der Waals surface area contributed by atoms with Gasteiger partial charge in [0.15, 0.2) is 17.3 Å². The molecule has 0 radical (unpaired) electrons. The third kappa shape index (κ3) is 3.08. The van der Waals surface area contributed by atoms with Crippen LogP contribution in [0, 0.1) is 6.92 Å². The molecule has 3 aromatic heterocycles. The predicted octanol–water partition coefficient (Wildman–Crippen LogP) is 0.921. The maximum absolute atomic E-state index is 12.4. The Morgan fingerprint density at radius 1 is 1.12 bits per heavy atom. The van der Waals surface area contributed by atoms with Crippen LogP contribution >= 0.6 is 0 Å². The number of carbonyl (C=O) groups excluding carboxylic acids is 1. The predicted molar refractivity (Wildman–Crippen MR) is 88.5 cm³/mol. The van der Waals surface area contributed by atoms with E-state index in [1.165, 1.54) is 0 Å². The number of aryl methyl sites for hydroxylation is 1. The zero-order valence-electron chi connectivity index (χ0n) is 13.7. The normalized spacial score (nSPS) is 14.8. The zero-order chi connectivity index (χ0) is 17.2. The molecule has 0 aromatic carbocycles. The first-order valence-corrected chi connectivity index (χ1v) is 8.02. The number of carbonyl (C=O) groups is 1. The third-order valence-electron chi connectivity index (χ3n) is 4.11. The van der Waals surface area contributed by atoms with Crippen LogP contribution in [0.25, 0.3) is 5.82 Å². The first-order valence-electron chi connectivity index (χ1n) is 8.02. The van der Waals surface area contributed by atoms with E-state index in [0.717, 1.165) is 5.82 Å². The lowest BCUT2D eigenvalue weighted by atomic mass is 10.2. The summed E-state index contributed by atoms with van der Waals surface area (Å²) in [5.41, 5.74) is 0.356. The van der Waals surface area contributed by atoms with Crippen LogP contribution in [0.5, 0.6) is 0 Å². The number of rotatable bonds is 3. The average molecular weight is 339 g/mol. The Balaban J connectivity index is 1.39. The monoisotopic (exact) mass is 339 g/mol. The van der Waals surface area contributed by atoms with Crippen molar-refractivity contribution in [3.63, 3.8) is 0 Å². The van der Waals surface area contributed by atoms with Gasteiger partial charge in [0.1, 0.15) is 5.76 Å². The van der Waals surface area contributed by atoms with Crippen LogP contribution in [0.4, 0.5) is 5.82 Å². The molecular formula is C16H17N7O2. The fourth-order valence-electron chi connectivity index (χ4n) is 2.78. The molecule has 3 aromatic rings. The van der Waals surface area contributed by atoms with E-state index in [0.29, 0.717) is 43.5 Å². The van der Waals surface area contributed by atoms with E-state index in [9.17, 15) is 4.79 Å². The lowest BCUT2D eigenvalue weighted by Gasteiger charge is -2.34. The Morgan fingerprint density at radius 2 is 1.88 bits per heavy atom. The summed E-state index contributed by atoms with van der Waals surface area (Å²) in [7, 11) is 0. The first kappa shape index (κ1) is 15.3. The van der Waals surface area contributed by atoms with E-state index < -0.39 is 0 Å². The molecule has 1 aliphatic heterocycles. The van der Waals surface area contributed by atoms with Crippen molar-refractivity contribution >= 4 is 11.7 Å². The number of hydrogen-bond donors (Lipinski definition) is 0. The summed E-state index contributed by atoms with van der Waals surface area (Å²) in [6, 6.07) is 7.30. The molecular weight excluding hydrogens is 322 g/mol. The Bertz CT molecular complexity index is 849. The highest BCUT2D eigenvalue weighted by atomic mass is 16.5. The van der Waals surface area contributed by atoms with Crippen LogP contribution in [0.2, 0.25) is 0 Å². The van der Waals surface area contributed by atoms with E-state index in [-0.39, 0.29) is 5.91 Å². The Kier molecular flexibility index (Phi) is 3.88. The van der Waals surface area contributed by atoms with E-state index in [1.807, 2.05) is 24.4 Å². The number of amides is 1. The molecule has 1 saturated heterocycles. The fourth-order valence-corrected chi connectivity index (χ4v) is 2.78. The van der Waals surface area contributed by atoms with E-state index in [1.54, 1.807) is 28.8 Å². The van der Waals surface area contributed by atoms with Crippen LogP contribution in [-0.4, -0.2) is 62.1 Å². The van der Waals surface area contributed by atoms with Gasteiger partial charge in [-0.25, -0.2) is 4.68 Å². The summed E-state index contributed by atoms with van der Waals surface area (Å²) >= 11 is 0. The summed E-state index contributed by atoms with van der Waals surface area (Å²) in [6.07, 6.45) is 3.52. The molecule has 0 bridgehead atoms. The molecule has 1 amide bonds. The molecule has 0 unspecified atom stereocenters. The van der Waals surface area contributed by atoms with Gasteiger partial charge < -0.3 is 14.3 Å². The van der Waals surface area contributed by atoms with E-state index in [4.69, 9.17) is 4.52 Å². The summed E-state index contributed by atoms with van der Waals surface area (Å²) in [4.78, 5) is 16.3. The average Bonchev–Trinajstić information content (AvgIpc) is 3.33. The summed E-state index contributed by atoms with van der Waals surface area (Å²) < 4.78 is 6.64. The topological polar surface area (TPSA) is 93.2 Å². The van der Waals surface area contributed by atoms with Gasteiger partial charge in [-0.2, -0.15) is 5.10 Å². The molecule has 4 heterocycles. The Morgan fingerprint density at radius 3 is 2.48 bits per heavy atom. The molecule has 0 atom stereocenters. The minimum Gasteiger partial charge on any atom is -0.361 e. The van der Waals surface area contributed by atoms with Crippen molar-refractivity contribution in [2.45, 2.75) is 6.92 Å². The van der Waals surface area contributed by atoms with Crippen molar-refractivity contribution in [1.82, 2.24) is 30.0 Å². The second-order valence-corrected chi connectivity index (χ2v) is 5.80. The van der Waals surface area contributed by atoms with Crippen molar-refractivity contribution in [2.24, 2.45) is 0 Å². The highest BCUT2D eigenvalue weighted by Crippen LogP contribution is 2.15. The molecule has 1 aliphatic rings. The number of aromatic nitrogens is 5. The number of nitrogens with zero attached hydrogens (tertiary/aromatic N) is 7. The van der Waals surface area contributed by atoms with Gasteiger partial charge in [-0.15, -0.1) is 10.2 Å². The van der Waals surface area contributed by atoms with E-state index >= 15 is 0 Å². The lowest BCUT2D eigenvalue weighted by Crippen LogP contribution is -2.49. The quantitative estimate of drug-likeness (QED) is 0.700. The summed E-state index contributed by atoms with van der Waals surface area (Å²) in [5.74, 6) is 2.00.